The van der Waals surface area contributed by atoms with E-state index in [-0.39, 0.29) is 5.75 Å². The van der Waals surface area contributed by atoms with Gasteiger partial charge in [-0.1, -0.05) is 6.07 Å². The first-order valence-electron chi connectivity index (χ1n) is 6.37. The Morgan fingerprint density at radius 2 is 1.83 bits per heavy atom. The fourth-order valence-corrected chi connectivity index (χ4v) is 2.51. The molecule has 0 heterocycles. The van der Waals surface area contributed by atoms with Gasteiger partial charge in [-0.3, -0.25) is 10.1 Å². The van der Waals surface area contributed by atoms with Crippen LogP contribution >= 0.6 is 0 Å². The molecule has 0 saturated carbocycles. The van der Waals surface area contributed by atoms with E-state index in [0.717, 1.165) is 18.2 Å². The number of hydrogen-bond acceptors (Lipinski definition) is 5. The Kier molecular flexibility index (Phi) is 4.78. The Balaban J connectivity index is 2.47. The zero-order valence-electron chi connectivity index (χ0n) is 12.1. The van der Waals surface area contributed by atoms with E-state index in [4.69, 9.17) is 4.74 Å². The molecule has 0 spiro atoms. The van der Waals surface area contributed by atoms with Gasteiger partial charge < -0.3 is 4.74 Å². The normalized spacial score (nSPS) is 11.5. The number of nitrogens with zero attached hydrogens (tertiary/aromatic N) is 1. The average Bonchev–Trinajstić information content (AvgIpc) is 2.50. The molecule has 2 aromatic rings. The number of ether oxygens (including phenoxy) is 1. The highest BCUT2D eigenvalue weighted by Gasteiger charge is 2.30. The first-order valence-corrected chi connectivity index (χ1v) is 7.92. The summed E-state index contributed by atoms with van der Waals surface area (Å²) in [5, 5.41) is 11.1. The predicted octanol–water partition coefficient (Wildman–Crippen LogP) is 3.83. The second-order valence-electron chi connectivity index (χ2n) is 4.71. The third-order valence-electron chi connectivity index (χ3n) is 3.06. The zero-order valence-corrected chi connectivity index (χ0v) is 12.9. The fourth-order valence-electron chi connectivity index (χ4n) is 1.77. The van der Waals surface area contributed by atoms with E-state index in [1.807, 2.05) is 0 Å². The first-order chi connectivity index (χ1) is 11.1. The molecule has 0 aliphatic rings. The molecular weight excluding hydrogens is 351 g/mol. The van der Waals surface area contributed by atoms with Gasteiger partial charge in [0.25, 0.3) is 0 Å². The summed E-state index contributed by atoms with van der Waals surface area (Å²) in [6, 6.07) is 5.82. The quantitative estimate of drug-likeness (QED) is 0.597. The van der Waals surface area contributed by atoms with Crippen LogP contribution in [-0.4, -0.2) is 19.1 Å². The number of halogens is 3. The summed E-state index contributed by atoms with van der Waals surface area (Å²) >= 11 is 0. The maximum absolute atomic E-state index is 13.5. The monoisotopic (exact) mass is 361 g/mol. The SMILES string of the molecule is Cc1ccc(Oc2ccc(S(=O)(=O)C(F)F)cc2[N+](=O)[O-])cc1F. The summed E-state index contributed by atoms with van der Waals surface area (Å²) < 4.78 is 66.5. The van der Waals surface area contributed by atoms with E-state index in [2.05, 4.69) is 0 Å². The number of aryl methyl sites for hydroxylation is 1. The van der Waals surface area contributed by atoms with E-state index >= 15 is 0 Å². The summed E-state index contributed by atoms with van der Waals surface area (Å²) in [6.07, 6.45) is 0. The number of nitro groups is 1. The minimum atomic E-state index is -4.99. The van der Waals surface area contributed by atoms with Crippen LogP contribution in [0.4, 0.5) is 18.9 Å². The molecular formula is C14H10F3NO5S. The lowest BCUT2D eigenvalue weighted by atomic mass is 10.2. The van der Waals surface area contributed by atoms with Crippen molar-refractivity contribution < 1.29 is 31.2 Å². The molecule has 6 nitrogen and oxygen atoms in total. The average molecular weight is 361 g/mol. The number of rotatable bonds is 5. The van der Waals surface area contributed by atoms with Gasteiger partial charge >= 0.3 is 11.4 Å². The van der Waals surface area contributed by atoms with Crippen LogP contribution in [-0.2, 0) is 9.84 Å². The van der Waals surface area contributed by atoms with Gasteiger partial charge in [0.1, 0.15) is 11.6 Å². The van der Waals surface area contributed by atoms with Crippen LogP contribution in [0.15, 0.2) is 41.3 Å². The molecule has 10 heteroatoms. The molecule has 0 saturated heterocycles. The molecule has 0 bridgehead atoms. The van der Waals surface area contributed by atoms with Gasteiger partial charge in [-0.25, -0.2) is 12.8 Å². The molecule has 0 aromatic heterocycles. The number of sulfone groups is 1. The van der Waals surface area contributed by atoms with Crippen molar-refractivity contribution in [3.05, 3.63) is 57.9 Å². The highest BCUT2D eigenvalue weighted by Crippen LogP contribution is 2.34. The van der Waals surface area contributed by atoms with Crippen molar-refractivity contribution in [2.24, 2.45) is 0 Å². The molecule has 0 N–H and O–H groups in total. The molecule has 0 unspecified atom stereocenters. The van der Waals surface area contributed by atoms with Crippen molar-refractivity contribution in [3.8, 4) is 11.5 Å². The van der Waals surface area contributed by atoms with E-state index < -0.39 is 42.7 Å². The molecule has 0 fully saturated rings. The van der Waals surface area contributed by atoms with E-state index in [1.165, 1.54) is 19.1 Å². The molecule has 0 aliphatic heterocycles. The largest absolute Gasteiger partial charge is 0.450 e. The van der Waals surface area contributed by atoms with Gasteiger partial charge in [-0.2, -0.15) is 8.78 Å². The molecule has 24 heavy (non-hydrogen) atoms. The lowest BCUT2D eigenvalue weighted by Crippen LogP contribution is -2.11. The Bertz CT molecular complexity index is 899. The van der Waals surface area contributed by atoms with E-state index in [1.54, 1.807) is 0 Å². The smallest absolute Gasteiger partial charge is 0.341 e. The second-order valence-corrected chi connectivity index (χ2v) is 6.62. The Labute approximate surface area is 134 Å². The lowest BCUT2D eigenvalue weighted by molar-refractivity contribution is -0.385. The third kappa shape index (κ3) is 3.48. The molecule has 0 radical (unpaired) electrons. The maximum atomic E-state index is 13.5. The van der Waals surface area contributed by atoms with Gasteiger partial charge in [0.2, 0.25) is 15.6 Å². The molecule has 0 amide bonds. The Morgan fingerprint density at radius 3 is 2.38 bits per heavy atom. The number of alkyl halides is 2. The standard InChI is InChI=1S/C14H10F3NO5S/c1-8-2-3-9(6-11(8)15)23-13-5-4-10(7-12(13)18(19)20)24(21,22)14(16)17/h2-7,14H,1H3. The minimum Gasteiger partial charge on any atom is -0.450 e. The summed E-state index contributed by atoms with van der Waals surface area (Å²) in [4.78, 5) is 9.16. The molecule has 0 aliphatic carbocycles. The summed E-state index contributed by atoms with van der Waals surface area (Å²) in [6.45, 7) is 1.51. The Morgan fingerprint density at radius 1 is 1.17 bits per heavy atom. The number of nitro benzene ring substituents is 1. The van der Waals surface area contributed by atoms with Crippen LogP contribution in [0.5, 0.6) is 11.5 Å². The first kappa shape index (κ1) is 17.7. The molecule has 2 rings (SSSR count). The van der Waals surface area contributed by atoms with Gasteiger partial charge in [0.05, 0.1) is 9.82 Å². The van der Waals surface area contributed by atoms with Gasteiger partial charge in [-0.15, -0.1) is 0 Å². The second kappa shape index (κ2) is 6.48. The van der Waals surface area contributed by atoms with Crippen LogP contribution in [0.2, 0.25) is 0 Å². The van der Waals surface area contributed by atoms with Crippen molar-refractivity contribution >= 4 is 15.5 Å². The fraction of sp³-hybridized carbons (Fsp3) is 0.143. The molecule has 2 aromatic carbocycles. The van der Waals surface area contributed by atoms with E-state index in [0.29, 0.717) is 11.6 Å². The lowest BCUT2D eigenvalue weighted by Gasteiger charge is -2.09. The van der Waals surface area contributed by atoms with Crippen LogP contribution in [0.3, 0.4) is 0 Å². The van der Waals surface area contributed by atoms with Crippen LogP contribution in [0.25, 0.3) is 0 Å². The topological polar surface area (TPSA) is 86.5 Å². The van der Waals surface area contributed by atoms with Crippen LogP contribution in [0, 0.1) is 22.9 Å². The van der Waals surface area contributed by atoms with Gasteiger partial charge in [-0.05, 0) is 30.7 Å². The van der Waals surface area contributed by atoms with Crippen molar-refractivity contribution in [2.45, 2.75) is 17.6 Å². The summed E-state index contributed by atoms with van der Waals surface area (Å²) in [5.41, 5.74) is -0.507. The maximum Gasteiger partial charge on any atom is 0.341 e. The van der Waals surface area contributed by atoms with Gasteiger partial charge in [0, 0.05) is 12.1 Å². The highest BCUT2D eigenvalue weighted by molar-refractivity contribution is 7.91. The van der Waals surface area contributed by atoms with Crippen LogP contribution < -0.4 is 4.74 Å². The van der Waals surface area contributed by atoms with E-state index in [9.17, 15) is 31.7 Å². The van der Waals surface area contributed by atoms with Crippen molar-refractivity contribution in [3.63, 3.8) is 0 Å². The van der Waals surface area contributed by atoms with Crippen molar-refractivity contribution in [2.75, 3.05) is 0 Å². The highest BCUT2D eigenvalue weighted by atomic mass is 32.2. The van der Waals surface area contributed by atoms with Crippen LogP contribution in [0.1, 0.15) is 5.56 Å². The number of benzene rings is 2. The molecule has 0 atom stereocenters. The predicted molar refractivity (Wildman–Crippen MR) is 77.5 cm³/mol. The van der Waals surface area contributed by atoms with Gasteiger partial charge in [0.15, 0.2) is 0 Å². The minimum absolute atomic E-state index is 0.0642. The van der Waals surface area contributed by atoms with Crippen molar-refractivity contribution in [1.29, 1.82) is 0 Å². The summed E-state index contributed by atoms with van der Waals surface area (Å²) in [7, 11) is -4.99. The third-order valence-corrected chi connectivity index (χ3v) is 4.44. The number of hydrogen-bond donors (Lipinski definition) is 0. The zero-order chi connectivity index (χ0) is 18.1. The molecule has 128 valence electrons. The summed E-state index contributed by atoms with van der Waals surface area (Å²) in [5.74, 6) is -4.79. The Hall–Kier alpha value is -2.62. The van der Waals surface area contributed by atoms with Crippen molar-refractivity contribution in [1.82, 2.24) is 0 Å².